The van der Waals surface area contributed by atoms with Crippen molar-refractivity contribution in [3.05, 3.63) is 61.5 Å². The number of carbonyl (C=O) groups is 2. The maximum Gasteiger partial charge on any atom is 0.261 e. The number of amides is 2. The summed E-state index contributed by atoms with van der Waals surface area (Å²) >= 11 is 13.5. The zero-order valence-corrected chi connectivity index (χ0v) is 17.4. The third-order valence-electron chi connectivity index (χ3n) is 4.60. The Hall–Kier alpha value is -1.96. The van der Waals surface area contributed by atoms with Crippen LogP contribution in [-0.2, 0) is 11.2 Å². The second kappa shape index (κ2) is 8.59. The molecule has 6 nitrogen and oxygen atoms in total. The second-order valence-electron chi connectivity index (χ2n) is 6.60. The molecule has 1 aromatic heterocycles. The Kier molecular flexibility index (Phi) is 6.37. The highest BCUT2D eigenvalue weighted by atomic mass is 35.5. The van der Waals surface area contributed by atoms with Crippen LogP contribution in [0.1, 0.15) is 47.4 Å². The van der Waals surface area contributed by atoms with Crippen LogP contribution in [0.4, 0.5) is 0 Å². The zero-order valence-electron chi connectivity index (χ0n) is 15.1. The minimum absolute atomic E-state index is 0.104. The number of rotatable bonds is 5. The van der Waals surface area contributed by atoms with Gasteiger partial charge in [0.25, 0.3) is 11.5 Å². The molecule has 1 aromatic carbocycles. The molecular formula is C19H19Cl2N3O3S. The van der Waals surface area contributed by atoms with E-state index in [0.29, 0.717) is 22.9 Å². The van der Waals surface area contributed by atoms with Crippen LogP contribution in [0.15, 0.2) is 34.0 Å². The van der Waals surface area contributed by atoms with E-state index in [1.54, 1.807) is 25.1 Å². The first kappa shape index (κ1) is 20.8. The average molecular weight is 440 g/mol. The van der Waals surface area contributed by atoms with Gasteiger partial charge in [0, 0.05) is 15.6 Å². The van der Waals surface area contributed by atoms with Crippen LogP contribution < -0.4 is 16.6 Å². The number of fused-ring (bicyclic) bond motifs is 1. The Labute approximate surface area is 176 Å². The number of carbonyl (C=O) groups excluding carboxylic acids is 2. The number of H-pyrrole nitrogens is 1. The summed E-state index contributed by atoms with van der Waals surface area (Å²) in [5.41, 5.74) is 6.13. The first-order valence-electron chi connectivity index (χ1n) is 8.74. The molecule has 1 aliphatic rings. The second-order valence-corrected chi connectivity index (χ2v) is 8.82. The van der Waals surface area contributed by atoms with Gasteiger partial charge in [0.05, 0.1) is 16.3 Å². The van der Waals surface area contributed by atoms with Crippen molar-refractivity contribution in [3.63, 3.8) is 0 Å². The molecule has 1 aliphatic carbocycles. The first-order chi connectivity index (χ1) is 13.3. The highest BCUT2D eigenvalue weighted by Gasteiger charge is 2.27. The molecule has 2 atom stereocenters. The Balaban J connectivity index is 1.78. The van der Waals surface area contributed by atoms with E-state index in [9.17, 15) is 14.4 Å². The molecule has 2 amide bonds. The lowest BCUT2D eigenvalue weighted by molar-refractivity contribution is -0.121. The minimum atomic E-state index is -0.792. The lowest BCUT2D eigenvalue weighted by atomic mass is 9.90. The lowest BCUT2D eigenvalue weighted by Crippen LogP contribution is -2.37. The molecule has 0 radical (unpaired) electrons. The molecule has 4 N–H and O–H groups in total. The molecule has 0 saturated heterocycles. The fourth-order valence-electron chi connectivity index (χ4n) is 3.17. The lowest BCUT2D eigenvalue weighted by Gasteiger charge is -2.27. The van der Waals surface area contributed by atoms with Gasteiger partial charge in [-0.3, -0.25) is 14.4 Å². The van der Waals surface area contributed by atoms with E-state index in [1.807, 2.05) is 0 Å². The normalized spacial score (nSPS) is 16.9. The quantitative estimate of drug-likeness (QED) is 0.620. The van der Waals surface area contributed by atoms with Crippen molar-refractivity contribution in [2.45, 2.75) is 42.4 Å². The highest BCUT2D eigenvalue weighted by molar-refractivity contribution is 8.00. The number of pyridine rings is 1. The van der Waals surface area contributed by atoms with Gasteiger partial charge >= 0.3 is 0 Å². The number of hydrogen-bond acceptors (Lipinski definition) is 4. The molecular weight excluding hydrogens is 421 g/mol. The molecule has 0 saturated carbocycles. The first-order valence-corrected chi connectivity index (χ1v) is 10.4. The van der Waals surface area contributed by atoms with Crippen LogP contribution in [0.3, 0.4) is 0 Å². The largest absolute Gasteiger partial charge is 0.365 e. The van der Waals surface area contributed by atoms with Crippen molar-refractivity contribution in [3.8, 4) is 0 Å². The molecule has 0 fully saturated rings. The van der Waals surface area contributed by atoms with Crippen LogP contribution in [0, 0.1) is 0 Å². The van der Waals surface area contributed by atoms with Gasteiger partial charge in [-0.25, -0.2) is 0 Å². The maximum atomic E-state index is 12.7. The SMILES string of the molecule is CC(Sc1cc(Cl)ccc1Cl)C(=O)NC1CCCc2[nH]c(=O)c(C(N)=O)cc21. The Morgan fingerprint density at radius 3 is 2.79 bits per heavy atom. The van der Waals surface area contributed by atoms with Crippen LogP contribution in [0.2, 0.25) is 10.0 Å². The van der Waals surface area contributed by atoms with Gasteiger partial charge in [0.2, 0.25) is 5.91 Å². The van der Waals surface area contributed by atoms with Gasteiger partial charge in [-0.1, -0.05) is 23.2 Å². The highest BCUT2D eigenvalue weighted by Crippen LogP contribution is 2.34. The van der Waals surface area contributed by atoms with Gasteiger partial charge in [-0.2, -0.15) is 0 Å². The molecule has 1 heterocycles. The standard InChI is InChI=1S/C19H19Cl2N3O3S/c1-9(28-16-7-10(20)5-6-13(16)21)18(26)23-14-3-2-4-15-11(14)8-12(17(22)25)19(27)24-15/h5-9,14H,2-4H2,1H3,(H2,22,25)(H,23,26)(H,24,27). The van der Waals surface area contributed by atoms with Crippen LogP contribution in [0.25, 0.3) is 0 Å². The zero-order chi connectivity index (χ0) is 20.4. The molecule has 2 aromatic rings. The van der Waals surface area contributed by atoms with E-state index in [2.05, 4.69) is 10.3 Å². The Morgan fingerprint density at radius 2 is 2.07 bits per heavy atom. The number of thioether (sulfide) groups is 1. The maximum absolute atomic E-state index is 12.7. The molecule has 0 bridgehead atoms. The van der Waals surface area contributed by atoms with Gasteiger partial charge in [-0.05, 0) is 56.0 Å². The van der Waals surface area contributed by atoms with Crippen molar-refractivity contribution in [2.75, 3.05) is 0 Å². The summed E-state index contributed by atoms with van der Waals surface area (Å²) in [7, 11) is 0. The van der Waals surface area contributed by atoms with E-state index in [-0.39, 0.29) is 17.5 Å². The predicted octanol–water partition coefficient (Wildman–Crippen LogP) is 3.46. The number of aromatic nitrogens is 1. The number of primary amides is 1. The number of nitrogens with two attached hydrogens (primary N) is 1. The summed E-state index contributed by atoms with van der Waals surface area (Å²) in [5, 5.41) is 3.66. The molecule has 2 unspecified atom stereocenters. The number of hydrogen-bond donors (Lipinski definition) is 3. The molecule has 0 aliphatic heterocycles. The third kappa shape index (κ3) is 4.54. The fraction of sp³-hybridized carbons (Fsp3) is 0.316. The molecule has 28 heavy (non-hydrogen) atoms. The smallest absolute Gasteiger partial charge is 0.261 e. The monoisotopic (exact) mass is 439 g/mol. The van der Waals surface area contributed by atoms with E-state index < -0.39 is 16.7 Å². The van der Waals surface area contributed by atoms with Gasteiger partial charge in [0.1, 0.15) is 5.56 Å². The Morgan fingerprint density at radius 1 is 1.32 bits per heavy atom. The number of aryl methyl sites for hydroxylation is 1. The fourth-order valence-corrected chi connectivity index (χ4v) is 4.59. The number of benzene rings is 1. The number of nitrogens with one attached hydrogen (secondary N) is 2. The summed E-state index contributed by atoms with van der Waals surface area (Å²) < 4.78 is 0. The molecule has 9 heteroatoms. The Bertz CT molecular complexity index is 993. The van der Waals surface area contributed by atoms with Crippen LogP contribution in [0.5, 0.6) is 0 Å². The van der Waals surface area contributed by atoms with Crippen molar-refractivity contribution < 1.29 is 9.59 Å². The summed E-state index contributed by atoms with van der Waals surface area (Å²) in [5.74, 6) is -0.968. The number of halogens is 2. The summed E-state index contributed by atoms with van der Waals surface area (Å²) in [6.45, 7) is 1.78. The topological polar surface area (TPSA) is 105 Å². The average Bonchev–Trinajstić information content (AvgIpc) is 2.64. The molecule has 148 valence electrons. The van der Waals surface area contributed by atoms with E-state index in [4.69, 9.17) is 28.9 Å². The van der Waals surface area contributed by atoms with E-state index >= 15 is 0 Å². The van der Waals surface area contributed by atoms with Gasteiger partial charge < -0.3 is 16.0 Å². The van der Waals surface area contributed by atoms with Crippen molar-refractivity contribution in [1.82, 2.24) is 10.3 Å². The summed E-state index contributed by atoms with van der Waals surface area (Å²) in [4.78, 5) is 39.6. The van der Waals surface area contributed by atoms with Crippen LogP contribution >= 0.6 is 35.0 Å². The van der Waals surface area contributed by atoms with Crippen LogP contribution in [-0.4, -0.2) is 22.0 Å². The van der Waals surface area contributed by atoms with E-state index in [0.717, 1.165) is 22.6 Å². The summed E-state index contributed by atoms with van der Waals surface area (Å²) in [6, 6.07) is 6.29. The van der Waals surface area contributed by atoms with E-state index in [1.165, 1.54) is 17.8 Å². The van der Waals surface area contributed by atoms with Crippen molar-refractivity contribution in [1.29, 1.82) is 0 Å². The minimum Gasteiger partial charge on any atom is -0.365 e. The molecule has 3 rings (SSSR count). The van der Waals surface area contributed by atoms with Crippen molar-refractivity contribution in [2.24, 2.45) is 5.73 Å². The summed E-state index contributed by atoms with van der Waals surface area (Å²) in [6.07, 6.45) is 2.20. The number of aromatic amines is 1. The predicted molar refractivity (Wildman–Crippen MR) is 111 cm³/mol. The van der Waals surface area contributed by atoms with Gasteiger partial charge in [-0.15, -0.1) is 11.8 Å². The molecule has 0 spiro atoms. The van der Waals surface area contributed by atoms with Crippen molar-refractivity contribution >= 4 is 46.8 Å². The van der Waals surface area contributed by atoms with Gasteiger partial charge in [0.15, 0.2) is 0 Å². The third-order valence-corrected chi connectivity index (χ3v) is 6.44.